The van der Waals surface area contributed by atoms with Crippen LogP contribution in [0.3, 0.4) is 0 Å². The van der Waals surface area contributed by atoms with Crippen LogP contribution in [-0.4, -0.2) is 28.3 Å². The lowest BCUT2D eigenvalue weighted by Gasteiger charge is -2.07. The van der Waals surface area contributed by atoms with E-state index in [4.69, 9.17) is 0 Å². The highest BCUT2D eigenvalue weighted by molar-refractivity contribution is 5.88. The van der Waals surface area contributed by atoms with E-state index in [9.17, 15) is 9.59 Å². The van der Waals surface area contributed by atoms with Crippen molar-refractivity contribution in [2.24, 2.45) is 0 Å². The van der Waals surface area contributed by atoms with E-state index in [-0.39, 0.29) is 18.4 Å². The number of amides is 2. The Hall–Kier alpha value is -2.67. The first-order chi connectivity index (χ1) is 10.6. The van der Waals surface area contributed by atoms with Gasteiger partial charge in [0.2, 0.25) is 11.8 Å². The molecule has 1 aromatic heterocycles. The van der Waals surface area contributed by atoms with Gasteiger partial charge in [-0.25, -0.2) is 4.98 Å². The van der Waals surface area contributed by atoms with Crippen molar-refractivity contribution in [2.75, 3.05) is 11.9 Å². The lowest BCUT2D eigenvalue weighted by molar-refractivity contribution is -0.120. The molecule has 0 radical (unpaired) electrons. The molecule has 0 aliphatic heterocycles. The Morgan fingerprint density at radius 2 is 1.95 bits per heavy atom. The average molecular weight is 301 g/mol. The van der Waals surface area contributed by atoms with E-state index >= 15 is 0 Å². The summed E-state index contributed by atoms with van der Waals surface area (Å²) in [5.41, 5.74) is 1.70. The summed E-state index contributed by atoms with van der Waals surface area (Å²) in [6, 6.07) is 7.33. The summed E-state index contributed by atoms with van der Waals surface area (Å²) in [6.45, 7) is 2.65. The monoisotopic (exact) mass is 301 g/mol. The molecule has 116 valence electrons. The predicted octanol–water partition coefficient (Wildman–Crippen LogP) is 0.774. The standard InChI is InChI=1S/C15H19N5O2/c1-11(21)20-13-4-2-12(3-5-13)8-19-15(22)10-16-9-14-17-6-7-18-14/h2-7,16H,8-10H2,1H3,(H,17,18)(H,19,22)(H,20,21). The summed E-state index contributed by atoms with van der Waals surface area (Å²) in [4.78, 5) is 29.6. The minimum absolute atomic E-state index is 0.0857. The Morgan fingerprint density at radius 1 is 1.18 bits per heavy atom. The third-order valence-electron chi connectivity index (χ3n) is 2.90. The van der Waals surface area contributed by atoms with Crippen LogP contribution >= 0.6 is 0 Å². The van der Waals surface area contributed by atoms with Gasteiger partial charge in [-0.05, 0) is 17.7 Å². The molecule has 2 amide bonds. The van der Waals surface area contributed by atoms with E-state index in [0.29, 0.717) is 13.1 Å². The molecule has 2 aromatic rings. The Morgan fingerprint density at radius 3 is 2.59 bits per heavy atom. The molecule has 7 heteroatoms. The van der Waals surface area contributed by atoms with Crippen LogP contribution in [0.4, 0.5) is 5.69 Å². The molecule has 0 unspecified atom stereocenters. The van der Waals surface area contributed by atoms with Crippen molar-refractivity contribution in [3.8, 4) is 0 Å². The average Bonchev–Trinajstić information content (AvgIpc) is 2.99. The molecule has 7 nitrogen and oxygen atoms in total. The minimum Gasteiger partial charge on any atom is -0.351 e. The number of rotatable bonds is 7. The highest BCUT2D eigenvalue weighted by Crippen LogP contribution is 2.09. The zero-order valence-corrected chi connectivity index (χ0v) is 12.3. The molecule has 0 aliphatic carbocycles. The maximum absolute atomic E-state index is 11.7. The van der Waals surface area contributed by atoms with E-state index in [1.165, 1.54) is 6.92 Å². The van der Waals surface area contributed by atoms with Crippen molar-refractivity contribution in [3.05, 3.63) is 48.0 Å². The Balaban J connectivity index is 1.68. The third-order valence-corrected chi connectivity index (χ3v) is 2.90. The number of nitrogens with one attached hydrogen (secondary N) is 4. The zero-order valence-electron chi connectivity index (χ0n) is 12.3. The lowest BCUT2D eigenvalue weighted by Crippen LogP contribution is -2.33. The third kappa shape index (κ3) is 5.37. The summed E-state index contributed by atoms with van der Waals surface area (Å²) < 4.78 is 0. The maximum Gasteiger partial charge on any atom is 0.234 e. The zero-order chi connectivity index (χ0) is 15.8. The number of carbonyl (C=O) groups is 2. The van der Waals surface area contributed by atoms with E-state index < -0.39 is 0 Å². The molecular weight excluding hydrogens is 282 g/mol. The van der Waals surface area contributed by atoms with Crippen LogP contribution in [0, 0.1) is 0 Å². The summed E-state index contributed by atoms with van der Waals surface area (Å²) in [7, 11) is 0. The van der Waals surface area contributed by atoms with Crippen molar-refractivity contribution in [1.82, 2.24) is 20.6 Å². The largest absolute Gasteiger partial charge is 0.351 e. The summed E-state index contributed by atoms with van der Waals surface area (Å²) >= 11 is 0. The highest BCUT2D eigenvalue weighted by atomic mass is 16.2. The van der Waals surface area contributed by atoms with Crippen LogP contribution in [0.5, 0.6) is 0 Å². The fourth-order valence-corrected chi connectivity index (χ4v) is 1.86. The normalized spacial score (nSPS) is 10.2. The molecule has 2 rings (SSSR count). The number of H-pyrrole nitrogens is 1. The SMILES string of the molecule is CC(=O)Nc1ccc(CNC(=O)CNCc2ncc[nH]2)cc1. The maximum atomic E-state index is 11.7. The van der Waals surface area contributed by atoms with Gasteiger partial charge >= 0.3 is 0 Å². The van der Waals surface area contributed by atoms with E-state index in [1.807, 2.05) is 12.1 Å². The molecule has 22 heavy (non-hydrogen) atoms. The van der Waals surface area contributed by atoms with Crippen molar-refractivity contribution >= 4 is 17.5 Å². The minimum atomic E-state index is -0.108. The first-order valence-corrected chi connectivity index (χ1v) is 6.95. The van der Waals surface area contributed by atoms with Crippen molar-refractivity contribution in [1.29, 1.82) is 0 Å². The fourth-order valence-electron chi connectivity index (χ4n) is 1.86. The Kier molecular flexibility index (Phi) is 5.67. The molecule has 1 aromatic carbocycles. The second-order valence-corrected chi connectivity index (χ2v) is 4.79. The molecule has 0 atom stereocenters. The van der Waals surface area contributed by atoms with Gasteiger partial charge in [-0.2, -0.15) is 0 Å². The van der Waals surface area contributed by atoms with Gasteiger partial charge in [0.25, 0.3) is 0 Å². The number of aromatic nitrogens is 2. The second-order valence-electron chi connectivity index (χ2n) is 4.79. The van der Waals surface area contributed by atoms with Crippen LogP contribution in [-0.2, 0) is 22.7 Å². The van der Waals surface area contributed by atoms with Crippen LogP contribution in [0.2, 0.25) is 0 Å². The number of hydrogen-bond acceptors (Lipinski definition) is 4. The topological polar surface area (TPSA) is 98.9 Å². The number of imidazole rings is 1. The van der Waals surface area contributed by atoms with Gasteiger partial charge in [0.15, 0.2) is 0 Å². The Bertz CT molecular complexity index is 607. The van der Waals surface area contributed by atoms with Crippen molar-refractivity contribution in [2.45, 2.75) is 20.0 Å². The van der Waals surface area contributed by atoms with Crippen LogP contribution in [0.25, 0.3) is 0 Å². The smallest absolute Gasteiger partial charge is 0.234 e. The Labute approximate surface area is 128 Å². The highest BCUT2D eigenvalue weighted by Gasteiger charge is 2.02. The predicted molar refractivity (Wildman–Crippen MR) is 82.9 cm³/mol. The summed E-state index contributed by atoms with van der Waals surface area (Å²) in [5, 5.41) is 8.51. The van der Waals surface area contributed by atoms with Crippen LogP contribution < -0.4 is 16.0 Å². The molecule has 0 aliphatic rings. The molecule has 1 heterocycles. The van der Waals surface area contributed by atoms with Gasteiger partial charge in [-0.1, -0.05) is 12.1 Å². The van der Waals surface area contributed by atoms with Gasteiger partial charge in [-0.3, -0.25) is 9.59 Å². The van der Waals surface area contributed by atoms with Gasteiger partial charge in [0.05, 0.1) is 13.1 Å². The van der Waals surface area contributed by atoms with E-state index in [0.717, 1.165) is 17.1 Å². The number of aromatic amines is 1. The second kappa shape index (κ2) is 7.94. The van der Waals surface area contributed by atoms with Gasteiger partial charge < -0.3 is 20.9 Å². The number of benzene rings is 1. The van der Waals surface area contributed by atoms with Gasteiger partial charge in [-0.15, -0.1) is 0 Å². The first-order valence-electron chi connectivity index (χ1n) is 6.95. The molecule has 0 bridgehead atoms. The number of hydrogen-bond donors (Lipinski definition) is 4. The summed E-state index contributed by atoms with van der Waals surface area (Å²) in [5.74, 6) is 0.600. The fraction of sp³-hybridized carbons (Fsp3) is 0.267. The van der Waals surface area contributed by atoms with Crippen molar-refractivity contribution in [3.63, 3.8) is 0 Å². The molecule has 4 N–H and O–H groups in total. The summed E-state index contributed by atoms with van der Waals surface area (Å²) in [6.07, 6.45) is 3.41. The first kappa shape index (κ1) is 15.7. The molecular formula is C15H19N5O2. The molecule has 0 saturated carbocycles. The van der Waals surface area contributed by atoms with Gasteiger partial charge in [0, 0.05) is 31.5 Å². The van der Waals surface area contributed by atoms with Crippen LogP contribution in [0.15, 0.2) is 36.7 Å². The lowest BCUT2D eigenvalue weighted by atomic mass is 10.2. The number of anilines is 1. The molecule has 0 fully saturated rings. The van der Waals surface area contributed by atoms with E-state index in [1.54, 1.807) is 24.5 Å². The van der Waals surface area contributed by atoms with E-state index in [2.05, 4.69) is 25.9 Å². The van der Waals surface area contributed by atoms with Gasteiger partial charge in [0.1, 0.15) is 5.82 Å². The molecule has 0 spiro atoms. The quantitative estimate of drug-likeness (QED) is 0.607. The van der Waals surface area contributed by atoms with Crippen molar-refractivity contribution < 1.29 is 9.59 Å². The number of nitrogens with zero attached hydrogens (tertiary/aromatic N) is 1. The van der Waals surface area contributed by atoms with Crippen LogP contribution in [0.1, 0.15) is 18.3 Å². The number of carbonyl (C=O) groups excluding carboxylic acids is 2. The molecule has 0 saturated heterocycles.